The number of nitrogens with one attached hydrogen (secondary N) is 1. The van der Waals surface area contributed by atoms with Crippen molar-refractivity contribution in [3.8, 4) is 0 Å². The van der Waals surface area contributed by atoms with E-state index >= 15 is 0 Å². The Bertz CT molecular complexity index is 759. The average Bonchev–Trinajstić information content (AvgIpc) is 3.42. The van der Waals surface area contributed by atoms with Crippen LogP contribution >= 0.6 is 0 Å². The summed E-state index contributed by atoms with van der Waals surface area (Å²) < 4.78 is 7.67. The number of urea groups is 1. The smallest absolute Gasteiger partial charge is 0.323 e. The Hall–Kier alpha value is -2.24. The highest BCUT2D eigenvalue weighted by molar-refractivity contribution is 5.88. The quantitative estimate of drug-likeness (QED) is 0.911. The molecule has 0 aromatic carbocycles. The van der Waals surface area contributed by atoms with Gasteiger partial charge in [-0.05, 0) is 44.2 Å². The van der Waals surface area contributed by atoms with Crippen LogP contribution in [0, 0.1) is 12.8 Å². The van der Waals surface area contributed by atoms with Crippen LogP contribution in [0.5, 0.6) is 0 Å². The van der Waals surface area contributed by atoms with Crippen LogP contribution in [-0.2, 0) is 13.6 Å². The molecule has 6 nitrogen and oxygen atoms in total. The second-order valence-corrected chi connectivity index (χ2v) is 7.21. The monoisotopic (exact) mass is 328 g/mol. The van der Waals surface area contributed by atoms with Gasteiger partial charge in [0, 0.05) is 25.1 Å². The van der Waals surface area contributed by atoms with Gasteiger partial charge in [-0.25, -0.2) is 4.79 Å². The Morgan fingerprint density at radius 2 is 2.21 bits per heavy atom. The Morgan fingerprint density at radius 3 is 2.79 bits per heavy atom. The second-order valence-electron chi connectivity index (χ2n) is 7.21. The number of aromatic nitrogens is 2. The van der Waals surface area contributed by atoms with Gasteiger partial charge in [0.15, 0.2) is 0 Å². The molecule has 2 aliphatic carbocycles. The number of aryl methyl sites for hydroxylation is 2. The van der Waals surface area contributed by atoms with Crippen molar-refractivity contribution >= 4 is 11.8 Å². The van der Waals surface area contributed by atoms with Crippen LogP contribution in [0.4, 0.5) is 10.6 Å². The summed E-state index contributed by atoms with van der Waals surface area (Å²) in [5, 5.41) is 7.24. The summed E-state index contributed by atoms with van der Waals surface area (Å²) in [6.45, 7) is 4.68. The van der Waals surface area contributed by atoms with Gasteiger partial charge >= 0.3 is 6.03 Å². The van der Waals surface area contributed by atoms with Crippen molar-refractivity contribution in [2.75, 3.05) is 5.32 Å². The van der Waals surface area contributed by atoms with Crippen LogP contribution in [-0.4, -0.2) is 26.8 Å². The third-order valence-electron chi connectivity index (χ3n) is 4.97. The molecule has 2 heterocycles. The van der Waals surface area contributed by atoms with E-state index in [-0.39, 0.29) is 6.03 Å². The molecule has 0 radical (unpaired) electrons. The number of amides is 2. The fourth-order valence-electron chi connectivity index (χ4n) is 3.23. The minimum absolute atomic E-state index is 0.0850. The summed E-state index contributed by atoms with van der Waals surface area (Å²) in [5.41, 5.74) is 0.889. The molecule has 128 valence electrons. The Labute approximate surface area is 141 Å². The van der Waals surface area contributed by atoms with Crippen LogP contribution in [0.2, 0.25) is 0 Å². The molecule has 0 bridgehead atoms. The number of hydrogen-bond donors (Lipinski definition) is 1. The molecule has 2 saturated carbocycles. The summed E-state index contributed by atoms with van der Waals surface area (Å²) in [6, 6.07) is 6.18. The van der Waals surface area contributed by atoms with E-state index in [9.17, 15) is 4.79 Å². The number of carbonyl (C=O) groups is 1. The van der Waals surface area contributed by atoms with E-state index < -0.39 is 0 Å². The molecule has 2 aromatic rings. The highest BCUT2D eigenvalue weighted by Gasteiger charge is 2.37. The van der Waals surface area contributed by atoms with Crippen molar-refractivity contribution in [1.82, 2.24) is 14.7 Å². The lowest BCUT2D eigenvalue weighted by Crippen LogP contribution is -2.36. The van der Waals surface area contributed by atoms with Gasteiger partial charge in [-0.3, -0.25) is 10.00 Å². The lowest BCUT2D eigenvalue weighted by Gasteiger charge is -2.21. The first kappa shape index (κ1) is 15.3. The summed E-state index contributed by atoms with van der Waals surface area (Å²) in [5.74, 6) is 3.94. The Morgan fingerprint density at radius 1 is 1.46 bits per heavy atom. The summed E-state index contributed by atoms with van der Waals surface area (Å²) >= 11 is 0. The summed E-state index contributed by atoms with van der Waals surface area (Å²) in [7, 11) is 1.83. The van der Waals surface area contributed by atoms with Crippen LogP contribution in [0.3, 0.4) is 0 Å². The van der Waals surface area contributed by atoms with E-state index in [0.717, 1.165) is 41.8 Å². The zero-order chi connectivity index (χ0) is 16.8. The molecule has 2 atom stereocenters. The molecule has 0 unspecified atom stereocenters. The third kappa shape index (κ3) is 3.05. The van der Waals surface area contributed by atoms with E-state index in [4.69, 9.17) is 4.42 Å². The lowest BCUT2D eigenvalue weighted by atomic mass is 10.3. The summed E-state index contributed by atoms with van der Waals surface area (Å²) in [6.07, 6.45) is 3.33. The van der Waals surface area contributed by atoms with E-state index in [1.165, 1.54) is 6.42 Å². The van der Waals surface area contributed by atoms with Gasteiger partial charge in [-0.15, -0.1) is 0 Å². The minimum atomic E-state index is -0.0850. The minimum Gasteiger partial charge on any atom is -0.464 e. The van der Waals surface area contributed by atoms with Gasteiger partial charge in [-0.2, -0.15) is 5.10 Å². The molecule has 2 amide bonds. The zero-order valence-electron chi connectivity index (χ0n) is 14.5. The van der Waals surface area contributed by atoms with Gasteiger partial charge in [0.1, 0.15) is 17.3 Å². The number of hydrogen-bond acceptors (Lipinski definition) is 3. The highest BCUT2D eigenvalue weighted by Crippen LogP contribution is 2.47. The first-order valence-corrected chi connectivity index (χ1v) is 8.68. The maximum Gasteiger partial charge on any atom is 0.323 e. The van der Waals surface area contributed by atoms with Crippen LogP contribution in [0.1, 0.15) is 49.3 Å². The molecule has 0 spiro atoms. The normalized spacial score (nSPS) is 22.5. The van der Waals surface area contributed by atoms with Crippen molar-refractivity contribution in [1.29, 1.82) is 0 Å². The SMILES string of the molecule is Cc1cc(NC(=O)N(Cc2ccc([C@H]3C[C@H]3C)o2)C2CC2)n(C)n1. The van der Waals surface area contributed by atoms with Gasteiger partial charge in [0.25, 0.3) is 0 Å². The van der Waals surface area contributed by atoms with Crippen molar-refractivity contribution in [3.63, 3.8) is 0 Å². The number of furan rings is 1. The first-order valence-electron chi connectivity index (χ1n) is 8.68. The van der Waals surface area contributed by atoms with E-state index in [2.05, 4.69) is 23.4 Å². The van der Waals surface area contributed by atoms with Gasteiger partial charge < -0.3 is 9.32 Å². The van der Waals surface area contributed by atoms with Crippen molar-refractivity contribution < 1.29 is 9.21 Å². The Balaban J connectivity index is 1.45. The second kappa shape index (κ2) is 5.69. The Kier molecular flexibility index (Phi) is 3.62. The number of rotatable bonds is 5. The van der Waals surface area contributed by atoms with E-state index in [0.29, 0.717) is 18.5 Å². The van der Waals surface area contributed by atoms with Crippen LogP contribution in [0.15, 0.2) is 22.6 Å². The third-order valence-corrected chi connectivity index (χ3v) is 4.97. The number of anilines is 1. The average molecular weight is 328 g/mol. The first-order chi connectivity index (χ1) is 11.5. The molecule has 1 N–H and O–H groups in total. The maximum atomic E-state index is 12.7. The van der Waals surface area contributed by atoms with Gasteiger partial charge in [0.2, 0.25) is 0 Å². The highest BCUT2D eigenvalue weighted by atomic mass is 16.3. The number of carbonyl (C=O) groups excluding carboxylic acids is 1. The summed E-state index contributed by atoms with van der Waals surface area (Å²) in [4.78, 5) is 14.6. The largest absolute Gasteiger partial charge is 0.464 e. The van der Waals surface area contributed by atoms with Crippen LogP contribution in [0.25, 0.3) is 0 Å². The fraction of sp³-hybridized carbons (Fsp3) is 0.556. The van der Waals surface area contributed by atoms with Crippen molar-refractivity contribution in [2.24, 2.45) is 13.0 Å². The predicted molar refractivity (Wildman–Crippen MR) is 90.8 cm³/mol. The fourth-order valence-corrected chi connectivity index (χ4v) is 3.23. The van der Waals surface area contributed by atoms with E-state index in [1.807, 2.05) is 31.0 Å². The molecule has 4 rings (SSSR count). The molecular formula is C18H24N4O2. The predicted octanol–water partition coefficient (Wildman–Crippen LogP) is 3.64. The zero-order valence-corrected chi connectivity index (χ0v) is 14.5. The lowest BCUT2D eigenvalue weighted by molar-refractivity contribution is 0.200. The van der Waals surface area contributed by atoms with Gasteiger partial charge in [0.05, 0.1) is 12.2 Å². The number of nitrogens with zero attached hydrogens (tertiary/aromatic N) is 3. The molecule has 2 aromatic heterocycles. The standard InChI is InChI=1S/C18H24N4O2/c1-11-8-15(11)16-7-6-14(24-16)10-22(13-4-5-13)18(23)19-17-9-12(2)20-21(17)3/h6-7,9,11,13,15H,4-5,8,10H2,1-3H3,(H,19,23)/t11-,15+/m1/s1. The van der Waals surface area contributed by atoms with Gasteiger partial charge in [-0.1, -0.05) is 6.92 Å². The molecule has 24 heavy (non-hydrogen) atoms. The van der Waals surface area contributed by atoms with Crippen molar-refractivity contribution in [2.45, 2.75) is 51.6 Å². The maximum absolute atomic E-state index is 12.7. The van der Waals surface area contributed by atoms with Crippen LogP contribution < -0.4 is 5.32 Å². The molecule has 0 saturated heterocycles. The molecular weight excluding hydrogens is 304 g/mol. The van der Waals surface area contributed by atoms with E-state index in [1.54, 1.807) is 4.68 Å². The molecule has 0 aliphatic heterocycles. The van der Waals surface area contributed by atoms with Crippen molar-refractivity contribution in [3.05, 3.63) is 35.4 Å². The topological polar surface area (TPSA) is 63.3 Å². The molecule has 2 aliphatic rings. The molecule has 2 fully saturated rings. The molecule has 6 heteroatoms.